The fraction of sp³-hybridized carbons (Fsp3) is 0.273. The summed E-state index contributed by atoms with van der Waals surface area (Å²) >= 11 is 1.81. The van der Waals surface area contributed by atoms with Crippen molar-refractivity contribution in [3.63, 3.8) is 0 Å². The fourth-order valence-corrected chi connectivity index (χ4v) is 1.91. The highest BCUT2D eigenvalue weighted by Crippen LogP contribution is 2.12. The second-order valence-electron chi connectivity index (χ2n) is 3.37. The molecule has 0 aliphatic rings. The van der Waals surface area contributed by atoms with Gasteiger partial charge in [0.15, 0.2) is 0 Å². The van der Waals surface area contributed by atoms with E-state index in [1.165, 1.54) is 5.56 Å². The molecule has 0 atom stereocenters. The summed E-state index contributed by atoms with van der Waals surface area (Å²) in [6.45, 7) is 0.669. The van der Waals surface area contributed by atoms with Crippen LogP contribution in [0.15, 0.2) is 30.7 Å². The Kier molecular flexibility index (Phi) is 3.82. The first-order chi connectivity index (χ1) is 7.88. The molecule has 0 saturated heterocycles. The number of H-pyrrole nitrogens is 1. The van der Waals surface area contributed by atoms with Crippen molar-refractivity contribution < 1.29 is 0 Å². The Labute approximate surface area is 98.9 Å². The number of pyridine rings is 1. The first-order valence-corrected chi connectivity index (χ1v) is 6.44. The van der Waals surface area contributed by atoms with Gasteiger partial charge in [0.05, 0.1) is 6.54 Å². The van der Waals surface area contributed by atoms with Crippen LogP contribution in [0.1, 0.15) is 11.4 Å². The fourth-order valence-electron chi connectivity index (χ4n) is 1.40. The van der Waals surface area contributed by atoms with Gasteiger partial charge in [-0.1, -0.05) is 0 Å². The van der Waals surface area contributed by atoms with Crippen molar-refractivity contribution in [1.29, 1.82) is 0 Å². The molecule has 0 aliphatic carbocycles. The van der Waals surface area contributed by atoms with Crippen molar-refractivity contribution in [2.75, 3.05) is 11.6 Å². The van der Waals surface area contributed by atoms with E-state index in [2.05, 4.69) is 32.6 Å². The maximum atomic E-state index is 4.26. The number of hydrogen-bond donors (Lipinski definition) is 2. The van der Waals surface area contributed by atoms with Crippen molar-refractivity contribution >= 4 is 17.6 Å². The Balaban J connectivity index is 1.96. The number of thioether (sulfide) groups is 1. The molecule has 5 heteroatoms. The van der Waals surface area contributed by atoms with E-state index in [1.807, 2.05) is 18.5 Å². The van der Waals surface area contributed by atoms with Gasteiger partial charge in [-0.15, -0.1) is 0 Å². The smallest absolute Gasteiger partial charge is 0.126 e. The van der Waals surface area contributed by atoms with Gasteiger partial charge in [0.2, 0.25) is 0 Å². The lowest BCUT2D eigenvalue weighted by molar-refractivity contribution is 0.987. The highest BCUT2D eigenvalue weighted by molar-refractivity contribution is 7.97. The Morgan fingerprint density at radius 1 is 1.38 bits per heavy atom. The number of nitrogens with zero attached hydrogens (tertiary/aromatic N) is 2. The van der Waals surface area contributed by atoms with Crippen molar-refractivity contribution in [3.05, 3.63) is 42.1 Å². The molecule has 0 spiro atoms. The molecule has 2 aromatic rings. The van der Waals surface area contributed by atoms with Crippen molar-refractivity contribution in [2.24, 2.45) is 0 Å². The van der Waals surface area contributed by atoms with Crippen LogP contribution >= 0.6 is 11.8 Å². The molecule has 0 saturated carbocycles. The lowest BCUT2D eigenvalue weighted by Crippen LogP contribution is -2.03. The zero-order valence-corrected chi connectivity index (χ0v) is 9.92. The second-order valence-corrected chi connectivity index (χ2v) is 4.24. The molecule has 0 aromatic carbocycles. The van der Waals surface area contributed by atoms with Crippen LogP contribution in [0.5, 0.6) is 0 Å². The molecular formula is C11H14N4S. The van der Waals surface area contributed by atoms with E-state index in [-0.39, 0.29) is 0 Å². The third-order valence-electron chi connectivity index (χ3n) is 2.13. The Hall–Kier alpha value is -1.49. The molecule has 0 amide bonds. The minimum absolute atomic E-state index is 0.669. The molecule has 84 valence electrons. The number of imidazole rings is 1. The normalized spacial score (nSPS) is 10.3. The lowest BCUT2D eigenvalue weighted by Gasteiger charge is -2.05. The van der Waals surface area contributed by atoms with Gasteiger partial charge in [-0.25, -0.2) is 9.97 Å². The van der Waals surface area contributed by atoms with E-state index >= 15 is 0 Å². The summed E-state index contributed by atoms with van der Waals surface area (Å²) in [7, 11) is 0. The van der Waals surface area contributed by atoms with Gasteiger partial charge < -0.3 is 10.3 Å². The van der Waals surface area contributed by atoms with E-state index in [1.54, 1.807) is 18.0 Å². The minimum Gasteiger partial charge on any atom is -0.363 e. The highest BCUT2D eigenvalue weighted by Gasteiger charge is 1.98. The quantitative estimate of drug-likeness (QED) is 0.833. The van der Waals surface area contributed by atoms with Crippen molar-refractivity contribution in [1.82, 2.24) is 15.0 Å². The maximum Gasteiger partial charge on any atom is 0.126 e. The van der Waals surface area contributed by atoms with Crippen LogP contribution in [0.3, 0.4) is 0 Å². The molecule has 0 unspecified atom stereocenters. The number of anilines is 1. The number of rotatable bonds is 5. The maximum absolute atomic E-state index is 4.26. The monoisotopic (exact) mass is 234 g/mol. The summed E-state index contributed by atoms with van der Waals surface area (Å²) in [4.78, 5) is 11.4. The van der Waals surface area contributed by atoms with Gasteiger partial charge in [-0.05, 0) is 24.0 Å². The van der Waals surface area contributed by atoms with Crippen LogP contribution in [0.2, 0.25) is 0 Å². The van der Waals surface area contributed by atoms with Crippen LogP contribution in [-0.4, -0.2) is 21.2 Å². The number of aromatic amines is 1. The Bertz CT molecular complexity index is 427. The molecule has 2 N–H and O–H groups in total. The molecule has 0 fully saturated rings. The predicted octanol–water partition coefficient (Wildman–Crippen LogP) is 2.28. The van der Waals surface area contributed by atoms with E-state index in [9.17, 15) is 0 Å². The molecular weight excluding hydrogens is 220 g/mol. The van der Waals surface area contributed by atoms with E-state index < -0.39 is 0 Å². The number of aromatic nitrogens is 3. The average Bonchev–Trinajstić information content (AvgIpc) is 2.80. The minimum atomic E-state index is 0.669. The van der Waals surface area contributed by atoms with Gasteiger partial charge in [0.25, 0.3) is 0 Å². The number of hydrogen-bond acceptors (Lipinski definition) is 4. The van der Waals surface area contributed by atoms with Crippen LogP contribution < -0.4 is 5.32 Å². The van der Waals surface area contributed by atoms with Crippen LogP contribution in [0.25, 0.3) is 0 Å². The zero-order valence-electron chi connectivity index (χ0n) is 9.10. The van der Waals surface area contributed by atoms with Gasteiger partial charge in [-0.3, -0.25) is 0 Å². The molecule has 2 rings (SSSR count). The molecule has 4 nitrogen and oxygen atoms in total. The first kappa shape index (κ1) is 11.0. The Morgan fingerprint density at radius 3 is 3.06 bits per heavy atom. The summed E-state index contributed by atoms with van der Waals surface area (Å²) in [5, 5.41) is 3.23. The second kappa shape index (κ2) is 5.55. The SMILES string of the molecule is CSCc1ccnc(NCc2ncc[nH]2)c1. The summed E-state index contributed by atoms with van der Waals surface area (Å²) in [6, 6.07) is 4.11. The van der Waals surface area contributed by atoms with Crippen LogP contribution in [0.4, 0.5) is 5.82 Å². The molecule has 0 radical (unpaired) electrons. The van der Waals surface area contributed by atoms with Crippen LogP contribution in [-0.2, 0) is 12.3 Å². The average molecular weight is 234 g/mol. The molecule has 2 heterocycles. The molecule has 0 bridgehead atoms. The third kappa shape index (κ3) is 3.00. The predicted molar refractivity (Wildman–Crippen MR) is 67.4 cm³/mol. The summed E-state index contributed by atoms with van der Waals surface area (Å²) < 4.78 is 0. The Morgan fingerprint density at radius 2 is 2.31 bits per heavy atom. The van der Waals surface area contributed by atoms with E-state index in [0.29, 0.717) is 6.54 Å². The molecule has 16 heavy (non-hydrogen) atoms. The molecule has 2 aromatic heterocycles. The lowest BCUT2D eigenvalue weighted by atomic mass is 10.3. The molecule has 0 aliphatic heterocycles. The van der Waals surface area contributed by atoms with E-state index in [4.69, 9.17) is 0 Å². The number of nitrogens with one attached hydrogen (secondary N) is 2. The van der Waals surface area contributed by atoms with Gasteiger partial charge >= 0.3 is 0 Å². The van der Waals surface area contributed by atoms with Crippen LogP contribution in [0, 0.1) is 0 Å². The van der Waals surface area contributed by atoms with E-state index in [0.717, 1.165) is 17.4 Å². The highest BCUT2D eigenvalue weighted by atomic mass is 32.2. The third-order valence-corrected chi connectivity index (χ3v) is 2.75. The van der Waals surface area contributed by atoms with Crippen molar-refractivity contribution in [2.45, 2.75) is 12.3 Å². The summed E-state index contributed by atoms with van der Waals surface area (Å²) in [5.41, 5.74) is 1.28. The topological polar surface area (TPSA) is 53.6 Å². The summed E-state index contributed by atoms with van der Waals surface area (Å²) in [5.74, 6) is 2.82. The summed E-state index contributed by atoms with van der Waals surface area (Å²) in [6.07, 6.45) is 7.48. The first-order valence-electron chi connectivity index (χ1n) is 5.04. The standard InChI is InChI=1S/C11H14N4S/c1-16-8-9-2-3-12-10(6-9)15-7-11-13-4-5-14-11/h2-6H,7-8H2,1H3,(H,12,15)(H,13,14). The van der Waals surface area contributed by atoms with Gasteiger partial charge in [0, 0.05) is 24.3 Å². The van der Waals surface area contributed by atoms with Gasteiger partial charge in [0.1, 0.15) is 11.6 Å². The van der Waals surface area contributed by atoms with Crippen molar-refractivity contribution in [3.8, 4) is 0 Å². The largest absolute Gasteiger partial charge is 0.363 e. The zero-order chi connectivity index (χ0) is 11.2. The van der Waals surface area contributed by atoms with Gasteiger partial charge in [-0.2, -0.15) is 11.8 Å².